The third-order valence-electron chi connectivity index (χ3n) is 6.60. The van der Waals surface area contributed by atoms with Crippen LogP contribution in [0.5, 0.6) is 5.75 Å². The van der Waals surface area contributed by atoms with E-state index in [1.807, 2.05) is 73.7 Å². The fourth-order valence-corrected chi connectivity index (χ4v) is 5.33. The summed E-state index contributed by atoms with van der Waals surface area (Å²) < 4.78 is 5.79. The molecular weight excluding hydrogens is 484 g/mol. The van der Waals surface area contributed by atoms with Gasteiger partial charge in [0.15, 0.2) is 0 Å². The van der Waals surface area contributed by atoms with E-state index in [4.69, 9.17) is 4.74 Å². The van der Waals surface area contributed by atoms with E-state index in [0.29, 0.717) is 12.3 Å². The summed E-state index contributed by atoms with van der Waals surface area (Å²) in [5.41, 5.74) is 2.30. The van der Waals surface area contributed by atoms with Crippen LogP contribution in [0.25, 0.3) is 10.8 Å². The molecule has 4 aromatic rings. The molecule has 0 unspecified atom stereocenters. The molecular formula is C29H30N4O3S. The van der Waals surface area contributed by atoms with Crippen LogP contribution in [0.1, 0.15) is 46.7 Å². The van der Waals surface area contributed by atoms with Crippen LogP contribution < -0.4 is 20.7 Å². The highest BCUT2D eigenvalue weighted by molar-refractivity contribution is 7.09. The van der Waals surface area contributed by atoms with Crippen molar-refractivity contribution in [3.05, 3.63) is 88.4 Å². The molecule has 0 spiro atoms. The number of rotatable bonds is 7. The van der Waals surface area contributed by atoms with E-state index in [0.717, 1.165) is 52.9 Å². The summed E-state index contributed by atoms with van der Waals surface area (Å²) in [5.74, 6) is 0.538. The summed E-state index contributed by atoms with van der Waals surface area (Å²) in [5, 5.41) is 13.7. The molecule has 0 aliphatic heterocycles. The minimum atomic E-state index is -0.272. The van der Waals surface area contributed by atoms with Crippen LogP contribution in [0.4, 0.5) is 10.5 Å². The average molecular weight is 515 g/mol. The van der Waals surface area contributed by atoms with E-state index in [1.165, 1.54) is 16.9 Å². The van der Waals surface area contributed by atoms with Gasteiger partial charge in [0.05, 0.1) is 11.7 Å². The monoisotopic (exact) mass is 514 g/mol. The number of thiazole rings is 1. The third-order valence-corrected chi connectivity index (χ3v) is 7.43. The summed E-state index contributed by atoms with van der Waals surface area (Å²) in [6.45, 7) is 2.34. The van der Waals surface area contributed by atoms with Crippen molar-refractivity contribution >= 4 is 39.7 Å². The average Bonchev–Trinajstić information content (AvgIpc) is 3.39. The summed E-state index contributed by atoms with van der Waals surface area (Å²) in [4.78, 5) is 30.3. The molecule has 1 fully saturated rings. The van der Waals surface area contributed by atoms with Gasteiger partial charge in [-0.05, 0) is 43.4 Å². The van der Waals surface area contributed by atoms with Crippen LogP contribution in [0, 0.1) is 6.92 Å². The number of nitrogens with zero attached hydrogens (tertiary/aromatic N) is 1. The molecule has 1 aliphatic carbocycles. The quantitative estimate of drug-likeness (QED) is 0.280. The molecule has 1 heterocycles. The molecule has 37 heavy (non-hydrogen) atoms. The summed E-state index contributed by atoms with van der Waals surface area (Å²) in [6.07, 6.45) is 3.61. The Morgan fingerprint density at radius 3 is 2.49 bits per heavy atom. The minimum Gasteiger partial charge on any atom is -0.486 e. The molecule has 3 N–H and O–H groups in total. The maximum atomic E-state index is 13.0. The SMILES string of the molecule is Cc1ccc(OCc2nc(C(=O)N[C@H]3CCCC[C@H]3NC(=O)Nc3cccc4ccccc34)cs2)cc1. The van der Waals surface area contributed by atoms with Crippen molar-refractivity contribution in [2.45, 2.75) is 51.3 Å². The Hall–Kier alpha value is -3.91. The second-order valence-corrected chi connectivity index (χ2v) is 10.3. The summed E-state index contributed by atoms with van der Waals surface area (Å²) in [6, 6.07) is 21.0. The molecule has 3 amide bonds. The number of ether oxygens (including phenoxy) is 1. The van der Waals surface area contributed by atoms with Crippen molar-refractivity contribution < 1.29 is 14.3 Å². The molecule has 2 atom stereocenters. The second-order valence-electron chi connectivity index (χ2n) is 9.32. The topological polar surface area (TPSA) is 92.3 Å². The molecule has 190 valence electrons. The second kappa shape index (κ2) is 11.4. The number of urea groups is 1. The number of nitrogens with one attached hydrogen (secondary N) is 3. The number of hydrogen-bond donors (Lipinski definition) is 3. The minimum absolute atomic E-state index is 0.157. The van der Waals surface area contributed by atoms with Gasteiger partial charge in [0.25, 0.3) is 5.91 Å². The standard InChI is InChI=1S/C29H30N4O3S/c1-19-13-15-21(16-14-19)36-17-27-30-26(18-37-27)28(34)31-24-10-4-5-11-25(24)33-29(35)32-23-12-6-8-20-7-2-3-9-22(20)23/h2-3,6-9,12-16,18,24-25H,4-5,10-11,17H2,1H3,(H,31,34)(H2,32,33,35)/t24-,25+/m0/s1. The first-order valence-electron chi connectivity index (χ1n) is 12.6. The fourth-order valence-electron chi connectivity index (χ4n) is 4.64. The van der Waals surface area contributed by atoms with Crippen LogP contribution in [0.15, 0.2) is 72.1 Å². The van der Waals surface area contributed by atoms with Crippen molar-refractivity contribution in [1.29, 1.82) is 0 Å². The van der Waals surface area contributed by atoms with E-state index in [-0.39, 0.29) is 24.0 Å². The van der Waals surface area contributed by atoms with Crippen LogP contribution >= 0.6 is 11.3 Å². The smallest absolute Gasteiger partial charge is 0.319 e. The number of aryl methyl sites for hydroxylation is 1. The number of anilines is 1. The van der Waals surface area contributed by atoms with Gasteiger partial charge in [0.2, 0.25) is 0 Å². The Balaban J connectivity index is 1.17. The number of carbonyl (C=O) groups excluding carboxylic acids is 2. The van der Waals surface area contributed by atoms with Gasteiger partial charge in [-0.15, -0.1) is 11.3 Å². The van der Waals surface area contributed by atoms with Crippen LogP contribution in [-0.4, -0.2) is 29.0 Å². The maximum absolute atomic E-state index is 13.0. The Labute approximate surface area is 220 Å². The van der Waals surface area contributed by atoms with Crippen LogP contribution in [0.2, 0.25) is 0 Å². The lowest BCUT2D eigenvalue weighted by Crippen LogP contribution is -2.54. The zero-order chi connectivity index (χ0) is 25.6. The summed E-state index contributed by atoms with van der Waals surface area (Å²) in [7, 11) is 0. The molecule has 7 nitrogen and oxygen atoms in total. The largest absolute Gasteiger partial charge is 0.486 e. The summed E-state index contributed by atoms with van der Waals surface area (Å²) >= 11 is 1.40. The highest BCUT2D eigenvalue weighted by Gasteiger charge is 2.29. The molecule has 0 saturated heterocycles. The van der Waals surface area contributed by atoms with E-state index in [9.17, 15) is 9.59 Å². The van der Waals surface area contributed by atoms with E-state index in [1.54, 1.807) is 5.38 Å². The first-order chi connectivity index (χ1) is 18.0. The first kappa shape index (κ1) is 24.8. The molecule has 8 heteroatoms. The molecule has 1 aromatic heterocycles. The molecule has 5 rings (SSSR count). The maximum Gasteiger partial charge on any atom is 0.319 e. The van der Waals surface area contributed by atoms with Crippen LogP contribution in [0.3, 0.4) is 0 Å². The molecule has 3 aromatic carbocycles. The molecule has 0 bridgehead atoms. The Bertz CT molecular complexity index is 1380. The van der Waals surface area contributed by atoms with Gasteiger partial charge < -0.3 is 20.7 Å². The van der Waals surface area contributed by atoms with Gasteiger partial charge in [0, 0.05) is 16.8 Å². The predicted molar refractivity (Wildman–Crippen MR) is 147 cm³/mol. The number of fused-ring (bicyclic) bond motifs is 1. The predicted octanol–water partition coefficient (Wildman–Crippen LogP) is 6.05. The van der Waals surface area contributed by atoms with Gasteiger partial charge in [-0.1, -0.05) is 66.9 Å². The number of benzene rings is 3. The first-order valence-corrected chi connectivity index (χ1v) is 13.4. The third kappa shape index (κ3) is 6.27. The number of hydrogen-bond acceptors (Lipinski definition) is 5. The molecule has 0 radical (unpaired) electrons. The lowest BCUT2D eigenvalue weighted by molar-refractivity contribution is 0.0911. The fraction of sp³-hybridized carbons (Fsp3) is 0.276. The number of amides is 3. The highest BCUT2D eigenvalue weighted by atomic mass is 32.1. The Morgan fingerprint density at radius 2 is 1.68 bits per heavy atom. The van der Waals surface area contributed by atoms with Crippen LogP contribution in [-0.2, 0) is 6.61 Å². The normalized spacial score (nSPS) is 17.2. The lowest BCUT2D eigenvalue weighted by Gasteiger charge is -2.32. The van der Waals surface area contributed by atoms with Gasteiger partial charge >= 0.3 is 6.03 Å². The van der Waals surface area contributed by atoms with Crippen molar-refractivity contribution in [1.82, 2.24) is 15.6 Å². The van der Waals surface area contributed by atoms with Gasteiger partial charge in [-0.25, -0.2) is 9.78 Å². The highest BCUT2D eigenvalue weighted by Crippen LogP contribution is 2.24. The number of carbonyl (C=O) groups is 2. The van der Waals surface area contributed by atoms with Gasteiger partial charge in [-0.3, -0.25) is 4.79 Å². The van der Waals surface area contributed by atoms with Crippen molar-refractivity contribution in [3.8, 4) is 5.75 Å². The Morgan fingerprint density at radius 1 is 0.946 bits per heavy atom. The van der Waals surface area contributed by atoms with Gasteiger partial charge in [0.1, 0.15) is 23.1 Å². The van der Waals surface area contributed by atoms with Crippen molar-refractivity contribution in [3.63, 3.8) is 0 Å². The Kier molecular flexibility index (Phi) is 7.65. The van der Waals surface area contributed by atoms with Crippen molar-refractivity contribution in [2.75, 3.05) is 5.32 Å². The number of aromatic nitrogens is 1. The van der Waals surface area contributed by atoms with E-state index >= 15 is 0 Å². The van der Waals surface area contributed by atoms with E-state index < -0.39 is 0 Å². The van der Waals surface area contributed by atoms with Crippen molar-refractivity contribution in [2.24, 2.45) is 0 Å². The lowest BCUT2D eigenvalue weighted by atomic mass is 9.90. The zero-order valence-electron chi connectivity index (χ0n) is 20.7. The zero-order valence-corrected chi connectivity index (χ0v) is 21.5. The van der Waals surface area contributed by atoms with Gasteiger partial charge in [-0.2, -0.15) is 0 Å². The molecule has 1 saturated carbocycles. The van der Waals surface area contributed by atoms with E-state index in [2.05, 4.69) is 20.9 Å². The molecule has 1 aliphatic rings.